The number of nitriles is 1. The quantitative estimate of drug-likeness (QED) is 0.734. The molecule has 0 saturated carbocycles. The molecule has 8 heteroatoms. The van der Waals surface area contributed by atoms with Gasteiger partial charge in [-0.05, 0) is 24.5 Å². The van der Waals surface area contributed by atoms with Crippen molar-refractivity contribution in [1.82, 2.24) is 10.0 Å². The van der Waals surface area contributed by atoms with E-state index in [0.29, 0.717) is 0 Å². The number of hydrogen-bond acceptors (Lipinski definition) is 4. The van der Waals surface area contributed by atoms with Gasteiger partial charge in [0.25, 0.3) is 0 Å². The minimum Gasteiger partial charge on any atom is -0.342 e. The number of amides is 1. The molecule has 1 rings (SSSR count). The highest BCUT2D eigenvalue weighted by Crippen LogP contribution is 2.15. The van der Waals surface area contributed by atoms with Crippen LogP contribution in [0.15, 0.2) is 29.2 Å². The van der Waals surface area contributed by atoms with Crippen molar-refractivity contribution in [3.8, 4) is 6.07 Å². The Morgan fingerprint density at radius 3 is 2.55 bits per heavy atom. The molecule has 0 unspecified atom stereocenters. The molecule has 0 heterocycles. The third-order valence-corrected chi connectivity index (χ3v) is 4.29. The zero-order valence-electron chi connectivity index (χ0n) is 12.3. The molecule has 0 bridgehead atoms. The van der Waals surface area contributed by atoms with Crippen LogP contribution in [0.4, 0.5) is 4.39 Å². The standard InChI is InChI=1S/C14H18FN3O3S/c1-10(2)9-12(14(19)17-8-7-16)18-22(20,21)13-6-4-3-5-11(13)15/h3-6,10,12,18H,8-9H2,1-2H3,(H,17,19)/t12-/m0/s1. The average molecular weight is 327 g/mol. The third kappa shape index (κ3) is 5.09. The number of halogens is 1. The number of rotatable bonds is 7. The van der Waals surface area contributed by atoms with Crippen LogP contribution in [0.3, 0.4) is 0 Å². The average Bonchev–Trinajstić information content (AvgIpc) is 2.43. The summed E-state index contributed by atoms with van der Waals surface area (Å²) in [5.41, 5.74) is 0. The molecule has 0 aliphatic rings. The molecular formula is C14H18FN3O3S. The van der Waals surface area contributed by atoms with Crippen LogP contribution in [-0.4, -0.2) is 26.9 Å². The van der Waals surface area contributed by atoms with E-state index in [-0.39, 0.29) is 18.9 Å². The number of nitrogens with one attached hydrogen (secondary N) is 2. The second kappa shape index (κ2) is 7.87. The first kappa shape index (κ1) is 18.1. The molecule has 0 aliphatic heterocycles. The lowest BCUT2D eigenvalue weighted by Crippen LogP contribution is -2.47. The SMILES string of the molecule is CC(C)C[C@H](NS(=O)(=O)c1ccccc1F)C(=O)NCC#N. The summed E-state index contributed by atoms with van der Waals surface area (Å²) in [6.07, 6.45) is 0.227. The molecule has 120 valence electrons. The smallest absolute Gasteiger partial charge is 0.244 e. The fraction of sp³-hybridized carbons (Fsp3) is 0.429. The summed E-state index contributed by atoms with van der Waals surface area (Å²) in [6, 6.07) is 5.59. The fourth-order valence-corrected chi connectivity index (χ4v) is 3.13. The minimum atomic E-state index is -4.17. The molecule has 0 fully saturated rings. The van der Waals surface area contributed by atoms with Gasteiger partial charge in [0.15, 0.2) is 0 Å². The molecule has 0 spiro atoms. The summed E-state index contributed by atoms with van der Waals surface area (Å²) in [7, 11) is -4.17. The monoisotopic (exact) mass is 327 g/mol. The molecule has 0 radical (unpaired) electrons. The van der Waals surface area contributed by atoms with Gasteiger partial charge in [0.2, 0.25) is 15.9 Å². The maximum Gasteiger partial charge on any atom is 0.244 e. The Kier molecular flexibility index (Phi) is 6.46. The van der Waals surface area contributed by atoms with Gasteiger partial charge in [0.1, 0.15) is 23.3 Å². The summed E-state index contributed by atoms with van der Waals surface area (Å²) in [5.74, 6) is -1.48. The van der Waals surface area contributed by atoms with E-state index < -0.39 is 32.7 Å². The van der Waals surface area contributed by atoms with Crippen molar-refractivity contribution in [2.45, 2.75) is 31.2 Å². The van der Waals surface area contributed by atoms with Crippen LogP contribution in [0.5, 0.6) is 0 Å². The van der Waals surface area contributed by atoms with Gasteiger partial charge < -0.3 is 5.32 Å². The van der Waals surface area contributed by atoms with E-state index >= 15 is 0 Å². The first-order valence-corrected chi connectivity index (χ1v) is 8.17. The highest BCUT2D eigenvalue weighted by Gasteiger charge is 2.27. The lowest BCUT2D eigenvalue weighted by Gasteiger charge is -2.19. The van der Waals surface area contributed by atoms with Gasteiger partial charge in [-0.1, -0.05) is 26.0 Å². The van der Waals surface area contributed by atoms with Gasteiger partial charge in [-0.2, -0.15) is 9.98 Å². The maximum atomic E-state index is 13.6. The van der Waals surface area contributed by atoms with Crippen molar-refractivity contribution >= 4 is 15.9 Å². The Morgan fingerprint density at radius 2 is 2.00 bits per heavy atom. The van der Waals surface area contributed by atoms with Gasteiger partial charge in [-0.15, -0.1) is 0 Å². The summed E-state index contributed by atoms with van der Waals surface area (Å²) in [4.78, 5) is 11.4. The zero-order valence-corrected chi connectivity index (χ0v) is 13.2. The summed E-state index contributed by atoms with van der Waals surface area (Å²) in [5, 5.41) is 10.8. The largest absolute Gasteiger partial charge is 0.342 e. The number of sulfonamides is 1. The van der Waals surface area contributed by atoms with Crippen LogP contribution in [0, 0.1) is 23.1 Å². The van der Waals surface area contributed by atoms with Crippen LogP contribution in [0.1, 0.15) is 20.3 Å². The summed E-state index contributed by atoms with van der Waals surface area (Å²) in [6.45, 7) is 3.42. The molecule has 6 nitrogen and oxygen atoms in total. The number of carbonyl (C=O) groups excluding carboxylic acids is 1. The Bertz CT molecular complexity index is 668. The molecule has 1 atom stereocenters. The van der Waals surface area contributed by atoms with Crippen LogP contribution in [-0.2, 0) is 14.8 Å². The molecule has 0 saturated heterocycles. The van der Waals surface area contributed by atoms with Crippen molar-refractivity contribution in [3.63, 3.8) is 0 Å². The van der Waals surface area contributed by atoms with Crippen molar-refractivity contribution < 1.29 is 17.6 Å². The van der Waals surface area contributed by atoms with Crippen LogP contribution < -0.4 is 10.0 Å². The Balaban J connectivity index is 3.00. The second-order valence-corrected chi connectivity index (χ2v) is 6.79. The maximum absolute atomic E-state index is 13.6. The van der Waals surface area contributed by atoms with Gasteiger partial charge in [-0.3, -0.25) is 4.79 Å². The highest BCUT2D eigenvalue weighted by molar-refractivity contribution is 7.89. The molecule has 22 heavy (non-hydrogen) atoms. The van der Waals surface area contributed by atoms with Crippen LogP contribution >= 0.6 is 0 Å². The Labute approximate surface area is 129 Å². The first-order chi connectivity index (χ1) is 10.3. The van der Waals surface area contributed by atoms with E-state index in [1.54, 1.807) is 6.07 Å². The number of carbonyl (C=O) groups is 1. The fourth-order valence-electron chi connectivity index (χ4n) is 1.84. The molecule has 1 aromatic carbocycles. The Morgan fingerprint density at radius 1 is 1.36 bits per heavy atom. The normalized spacial score (nSPS) is 12.7. The molecule has 0 aliphatic carbocycles. The predicted molar refractivity (Wildman–Crippen MR) is 78.6 cm³/mol. The van der Waals surface area contributed by atoms with Gasteiger partial charge >= 0.3 is 0 Å². The van der Waals surface area contributed by atoms with E-state index in [9.17, 15) is 17.6 Å². The van der Waals surface area contributed by atoms with E-state index in [0.717, 1.165) is 12.1 Å². The lowest BCUT2D eigenvalue weighted by atomic mass is 10.0. The van der Waals surface area contributed by atoms with Gasteiger partial charge in [-0.25, -0.2) is 12.8 Å². The van der Waals surface area contributed by atoms with Crippen molar-refractivity contribution in [2.75, 3.05) is 6.54 Å². The van der Waals surface area contributed by atoms with E-state index in [1.165, 1.54) is 12.1 Å². The van der Waals surface area contributed by atoms with Gasteiger partial charge in [0, 0.05) is 0 Å². The van der Waals surface area contributed by atoms with E-state index in [1.807, 2.05) is 13.8 Å². The van der Waals surface area contributed by atoms with Crippen LogP contribution in [0.25, 0.3) is 0 Å². The lowest BCUT2D eigenvalue weighted by molar-refractivity contribution is -0.122. The molecule has 2 N–H and O–H groups in total. The minimum absolute atomic E-state index is 0.0288. The van der Waals surface area contributed by atoms with Crippen molar-refractivity contribution in [1.29, 1.82) is 5.26 Å². The zero-order chi connectivity index (χ0) is 16.8. The van der Waals surface area contributed by atoms with Crippen molar-refractivity contribution in [3.05, 3.63) is 30.1 Å². The molecular weight excluding hydrogens is 309 g/mol. The number of hydrogen-bond donors (Lipinski definition) is 2. The molecule has 1 aromatic rings. The van der Waals surface area contributed by atoms with E-state index in [4.69, 9.17) is 5.26 Å². The molecule has 0 aromatic heterocycles. The van der Waals surface area contributed by atoms with Crippen molar-refractivity contribution in [2.24, 2.45) is 5.92 Å². The summed E-state index contributed by atoms with van der Waals surface area (Å²) < 4.78 is 40.3. The molecule has 1 amide bonds. The first-order valence-electron chi connectivity index (χ1n) is 6.69. The number of nitrogens with zero attached hydrogens (tertiary/aromatic N) is 1. The predicted octanol–water partition coefficient (Wildman–Crippen LogP) is 1.16. The van der Waals surface area contributed by atoms with Gasteiger partial charge in [0.05, 0.1) is 6.07 Å². The van der Waals surface area contributed by atoms with E-state index in [2.05, 4.69) is 10.0 Å². The Hall–Kier alpha value is -1.98. The third-order valence-electron chi connectivity index (χ3n) is 2.79. The van der Waals surface area contributed by atoms with Crippen LogP contribution in [0.2, 0.25) is 0 Å². The topological polar surface area (TPSA) is 99.1 Å². The number of benzene rings is 1. The highest BCUT2D eigenvalue weighted by atomic mass is 32.2. The second-order valence-electron chi connectivity index (χ2n) is 5.11. The summed E-state index contributed by atoms with van der Waals surface area (Å²) >= 11 is 0.